The number of amides is 1. The summed E-state index contributed by atoms with van der Waals surface area (Å²) in [6.45, 7) is 1.51. The van der Waals surface area contributed by atoms with Gasteiger partial charge in [0.15, 0.2) is 0 Å². The van der Waals surface area contributed by atoms with Gasteiger partial charge in [0, 0.05) is 12.7 Å². The average molecular weight is 221 g/mol. The summed E-state index contributed by atoms with van der Waals surface area (Å²) in [5, 5.41) is 9.30. The number of para-hydroxylation sites is 1. The van der Waals surface area contributed by atoms with Gasteiger partial charge in [0.2, 0.25) is 0 Å². The first-order chi connectivity index (χ1) is 7.57. The first-order valence-corrected chi connectivity index (χ1v) is 4.85. The van der Waals surface area contributed by atoms with E-state index in [-0.39, 0.29) is 17.4 Å². The molecule has 0 bridgehead atoms. The zero-order valence-electron chi connectivity index (χ0n) is 9.60. The molecule has 16 heavy (non-hydrogen) atoms. The number of hydrogen-bond acceptors (Lipinski definition) is 3. The van der Waals surface area contributed by atoms with Gasteiger partial charge >= 0.3 is 0 Å². The Hall–Kier alpha value is -1.97. The molecule has 0 aromatic heterocycles. The van der Waals surface area contributed by atoms with Gasteiger partial charge in [0.25, 0.3) is 11.9 Å². The minimum Gasteiger partial charge on any atom is -0.481 e. The second kappa shape index (κ2) is 5.21. The Morgan fingerprint density at radius 2 is 1.88 bits per heavy atom. The summed E-state index contributed by atoms with van der Waals surface area (Å²) >= 11 is 0. The van der Waals surface area contributed by atoms with Crippen molar-refractivity contribution in [1.29, 1.82) is 0 Å². The standard InChI is InChI=1S/C12H15NO3/c1-9(12(15)16-3)11(14)13(2)10-7-5-4-6-8-10/h4-8,15H,1-3H3/b12-9+. The van der Waals surface area contributed by atoms with Gasteiger partial charge in [-0.3, -0.25) is 4.79 Å². The Morgan fingerprint density at radius 1 is 1.31 bits per heavy atom. The fraction of sp³-hybridized carbons (Fsp3) is 0.250. The van der Waals surface area contributed by atoms with Crippen molar-refractivity contribution >= 4 is 11.6 Å². The van der Waals surface area contributed by atoms with E-state index in [1.165, 1.54) is 18.9 Å². The number of aliphatic hydroxyl groups is 1. The number of nitrogens with zero attached hydrogens (tertiary/aromatic N) is 1. The third-order valence-corrected chi connectivity index (χ3v) is 2.28. The van der Waals surface area contributed by atoms with E-state index in [2.05, 4.69) is 4.74 Å². The number of ether oxygens (including phenoxy) is 1. The van der Waals surface area contributed by atoms with Gasteiger partial charge in [-0.1, -0.05) is 18.2 Å². The van der Waals surface area contributed by atoms with E-state index in [0.29, 0.717) is 0 Å². The van der Waals surface area contributed by atoms with Crippen LogP contribution in [0.15, 0.2) is 41.9 Å². The predicted molar refractivity (Wildman–Crippen MR) is 62.2 cm³/mol. The molecule has 0 aliphatic carbocycles. The third-order valence-electron chi connectivity index (χ3n) is 2.28. The lowest BCUT2D eigenvalue weighted by atomic mass is 10.2. The lowest BCUT2D eigenvalue weighted by Gasteiger charge is -2.17. The molecule has 1 N–H and O–H groups in total. The summed E-state index contributed by atoms with van der Waals surface area (Å²) in [4.78, 5) is 13.3. The number of benzene rings is 1. The molecule has 4 heteroatoms. The molecule has 86 valence electrons. The fourth-order valence-electron chi connectivity index (χ4n) is 1.26. The monoisotopic (exact) mass is 221 g/mol. The van der Waals surface area contributed by atoms with E-state index in [1.54, 1.807) is 7.05 Å². The van der Waals surface area contributed by atoms with Gasteiger partial charge in [-0.25, -0.2) is 0 Å². The van der Waals surface area contributed by atoms with Crippen LogP contribution < -0.4 is 4.90 Å². The second-order valence-corrected chi connectivity index (χ2v) is 3.33. The van der Waals surface area contributed by atoms with Gasteiger partial charge in [-0.05, 0) is 19.1 Å². The highest BCUT2D eigenvalue weighted by Crippen LogP contribution is 2.15. The normalized spacial score (nSPS) is 11.7. The molecule has 4 nitrogen and oxygen atoms in total. The fourth-order valence-corrected chi connectivity index (χ4v) is 1.26. The maximum atomic E-state index is 11.9. The van der Waals surface area contributed by atoms with Gasteiger partial charge in [0.05, 0.1) is 12.7 Å². The van der Waals surface area contributed by atoms with E-state index >= 15 is 0 Å². The zero-order chi connectivity index (χ0) is 12.1. The lowest BCUT2D eigenvalue weighted by molar-refractivity contribution is -0.115. The summed E-state index contributed by atoms with van der Waals surface area (Å²) in [6.07, 6.45) is 0. The topological polar surface area (TPSA) is 49.8 Å². The van der Waals surface area contributed by atoms with Crippen molar-refractivity contribution in [2.75, 3.05) is 19.1 Å². The van der Waals surface area contributed by atoms with Crippen LogP contribution in [0.5, 0.6) is 0 Å². The number of carbonyl (C=O) groups excluding carboxylic acids is 1. The van der Waals surface area contributed by atoms with Crippen LogP contribution in [0.1, 0.15) is 6.92 Å². The highest BCUT2D eigenvalue weighted by atomic mass is 16.6. The van der Waals surface area contributed by atoms with Gasteiger partial charge in [0.1, 0.15) is 0 Å². The van der Waals surface area contributed by atoms with Crippen LogP contribution in [-0.2, 0) is 9.53 Å². The summed E-state index contributed by atoms with van der Waals surface area (Å²) < 4.78 is 4.61. The molecule has 1 rings (SSSR count). The van der Waals surface area contributed by atoms with E-state index in [4.69, 9.17) is 0 Å². The Bertz CT molecular complexity index is 398. The van der Waals surface area contributed by atoms with Gasteiger partial charge < -0.3 is 14.7 Å². The molecule has 0 aliphatic rings. The summed E-state index contributed by atoms with van der Waals surface area (Å²) in [5.74, 6) is -0.654. The largest absolute Gasteiger partial charge is 0.481 e. The Kier molecular flexibility index (Phi) is 3.94. The summed E-state index contributed by atoms with van der Waals surface area (Å²) in [5.41, 5.74) is 0.935. The first kappa shape index (κ1) is 12.1. The van der Waals surface area contributed by atoms with Crippen molar-refractivity contribution in [3.8, 4) is 0 Å². The van der Waals surface area contributed by atoms with Crippen LogP contribution in [0.3, 0.4) is 0 Å². The highest BCUT2D eigenvalue weighted by molar-refractivity contribution is 6.04. The van der Waals surface area contributed by atoms with Crippen molar-refractivity contribution in [3.63, 3.8) is 0 Å². The molecule has 1 aromatic rings. The van der Waals surface area contributed by atoms with E-state index in [0.717, 1.165) is 5.69 Å². The van der Waals surface area contributed by atoms with Gasteiger partial charge in [-0.2, -0.15) is 0 Å². The smallest absolute Gasteiger partial charge is 0.285 e. The number of hydrogen-bond donors (Lipinski definition) is 1. The molecule has 0 saturated heterocycles. The predicted octanol–water partition coefficient (Wildman–Crippen LogP) is 2.09. The van der Waals surface area contributed by atoms with Crippen molar-refractivity contribution in [3.05, 3.63) is 41.9 Å². The molecule has 1 aromatic carbocycles. The molecule has 1 amide bonds. The minimum absolute atomic E-state index is 0.175. The number of likely N-dealkylation sites (N-methyl/N-ethyl adjacent to an activating group) is 1. The number of aliphatic hydroxyl groups excluding tert-OH is 1. The molecule has 0 spiro atoms. The number of methoxy groups -OCH3 is 1. The molecule has 0 aliphatic heterocycles. The SMILES string of the molecule is CO/C(O)=C(\C)C(=O)N(C)c1ccccc1. The average Bonchev–Trinajstić information content (AvgIpc) is 2.36. The van der Waals surface area contributed by atoms with Gasteiger partial charge in [-0.15, -0.1) is 0 Å². The van der Waals surface area contributed by atoms with E-state index in [1.807, 2.05) is 30.3 Å². The summed E-state index contributed by atoms with van der Waals surface area (Å²) in [6, 6.07) is 9.18. The number of carbonyl (C=O) groups is 1. The van der Waals surface area contributed by atoms with Crippen molar-refractivity contribution < 1.29 is 14.6 Å². The Balaban J connectivity index is 2.92. The molecule has 0 atom stereocenters. The number of anilines is 1. The highest BCUT2D eigenvalue weighted by Gasteiger charge is 2.16. The van der Waals surface area contributed by atoms with Crippen LogP contribution in [0.25, 0.3) is 0 Å². The van der Waals surface area contributed by atoms with Crippen LogP contribution in [0.4, 0.5) is 5.69 Å². The van der Waals surface area contributed by atoms with Crippen molar-refractivity contribution in [2.24, 2.45) is 0 Å². The molecular formula is C12H15NO3. The molecule has 0 radical (unpaired) electrons. The third kappa shape index (κ3) is 2.53. The Labute approximate surface area is 94.8 Å². The van der Waals surface area contributed by atoms with E-state index < -0.39 is 0 Å². The molecule has 0 unspecified atom stereocenters. The van der Waals surface area contributed by atoms with Crippen molar-refractivity contribution in [1.82, 2.24) is 0 Å². The summed E-state index contributed by atoms with van der Waals surface area (Å²) in [7, 11) is 2.96. The molecule has 0 saturated carbocycles. The minimum atomic E-state index is -0.354. The van der Waals surface area contributed by atoms with E-state index in [9.17, 15) is 9.90 Å². The quantitative estimate of drug-likeness (QED) is 0.628. The van der Waals surface area contributed by atoms with Crippen molar-refractivity contribution in [2.45, 2.75) is 6.92 Å². The molecular weight excluding hydrogens is 206 g/mol. The van der Waals surface area contributed by atoms with Crippen LogP contribution in [-0.4, -0.2) is 25.2 Å². The maximum absolute atomic E-state index is 11.9. The van der Waals surface area contributed by atoms with Crippen LogP contribution in [0, 0.1) is 0 Å². The van der Waals surface area contributed by atoms with Crippen LogP contribution in [0.2, 0.25) is 0 Å². The second-order valence-electron chi connectivity index (χ2n) is 3.33. The molecule has 0 heterocycles. The maximum Gasteiger partial charge on any atom is 0.285 e. The molecule has 0 fully saturated rings. The first-order valence-electron chi connectivity index (χ1n) is 4.85. The lowest BCUT2D eigenvalue weighted by Crippen LogP contribution is -2.27. The number of rotatable bonds is 3. The van der Waals surface area contributed by atoms with Crippen LogP contribution >= 0.6 is 0 Å². The Morgan fingerprint density at radius 3 is 2.38 bits per heavy atom. The zero-order valence-corrected chi connectivity index (χ0v) is 9.60.